The number of rotatable bonds is 8. The molecule has 2 aromatic carbocycles. The minimum Gasteiger partial charge on any atom is -0.449 e. The molecule has 1 aromatic heterocycles. The van der Waals surface area contributed by atoms with Crippen LogP contribution in [0.5, 0.6) is 0 Å². The predicted octanol–water partition coefficient (Wildman–Crippen LogP) is 4.30. The predicted molar refractivity (Wildman–Crippen MR) is 121 cm³/mol. The van der Waals surface area contributed by atoms with Crippen molar-refractivity contribution >= 4 is 44.6 Å². The van der Waals surface area contributed by atoms with Crippen molar-refractivity contribution in [2.45, 2.75) is 30.6 Å². The average molecular weight is 459 g/mol. The molecular weight excluding hydrogens is 436 g/mol. The van der Waals surface area contributed by atoms with Gasteiger partial charge in [-0.1, -0.05) is 25.1 Å². The lowest BCUT2D eigenvalue weighted by atomic mass is 10.1. The van der Waals surface area contributed by atoms with E-state index in [1.54, 1.807) is 23.6 Å². The lowest BCUT2D eigenvalue weighted by Gasteiger charge is -2.14. The minimum atomic E-state index is -3.67. The summed E-state index contributed by atoms with van der Waals surface area (Å²) in [6.45, 7) is 3.53. The summed E-state index contributed by atoms with van der Waals surface area (Å²) in [6, 6.07) is 16.4. The van der Waals surface area contributed by atoms with E-state index in [4.69, 9.17) is 4.74 Å². The van der Waals surface area contributed by atoms with Crippen molar-refractivity contribution in [3.8, 4) is 0 Å². The Morgan fingerprint density at radius 1 is 1.00 bits per heavy atom. The molecule has 0 radical (unpaired) electrons. The minimum absolute atomic E-state index is 0.195. The molecule has 0 saturated carbocycles. The van der Waals surface area contributed by atoms with Crippen LogP contribution in [0.25, 0.3) is 0 Å². The molecule has 2 N–H and O–H groups in total. The van der Waals surface area contributed by atoms with Crippen molar-refractivity contribution in [1.29, 1.82) is 0 Å². The van der Waals surface area contributed by atoms with Gasteiger partial charge in [0, 0.05) is 11.4 Å². The maximum atomic E-state index is 12.3. The Hall–Kier alpha value is -3.17. The second-order valence-corrected chi connectivity index (χ2v) is 9.56. The van der Waals surface area contributed by atoms with E-state index in [-0.39, 0.29) is 9.77 Å². The highest BCUT2D eigenvalue weighted by Gasteiger charge is 2.20. The maximum Gasteiger partial charge on any atom is 0.338 e. The molecule has 1 heterocycles. The van der Waals surface area contributed by atoms with Crippen LogP contribution in [0.1, 0.15) is 29.8 Å². The zero-order chi connectivity index (χ0) is 22.4. The third-order valence-corrected chi connectivity index (χ3v) is 7.19. The first-order valence-electron chi connectivity index (χ1n) is 9.55. The molecule has 0 unspecified atom stereocenters. The van der Waals surface area contributed by atoms with Crippen LogP contribution in [0.3, 0.4) is 0 Å². The van der Waals surface area contributed by atoms with Crippen LogP contribution in [-0.4, -0.2) is 26.4 Å². The highest BCUT2D eigenvalue weighted by molar-refractivity contribution is 7.94. The quantitative estimate of drug-likeness (QED) is 0.490. The van der Waals surface area contributed by atoms with Gasteiger partial charge in [0.2, 0.25) is 0 Å². The van der Waals surface area contributed by atoms with Gasteiger partial charge in [0.25, 0.3) is 15.9 Å². The van der Waals surface area contributed by atoms with Gasteiger partial charge in [-0.15, -0.1) is 11.3 Å². The molecule has 0 spiro atoms. The molecule has 7 nitrogen and oxygen atoms in total. The second kappa shape index (κ2) is 9.76. The summed E-state index contributed by atoms with van der Waals surface area (Å²) in [6.07, 6.45) is -0.105. The molecule has 31 heavy (non-hydrogen) atoms. The first-order chi connectivity index (χ1) is 14.8. The lowest BCUT2D eigenvalue weighted by molar-refractivity contribution is -0.123. The van der Waals surface area contributed by atoms with Gasteiger partial charge in [0.1, 0.15) is 4.21 Å². The van der Waals surface area contributed by atoms with Crippen LogP contribution in [-0.2, 0) is 26.0 Å². The highest BCUT2D eigenvalue weighted by Crippen LogP contribution is 2.21. The largest absolute Gasteiger partial charge is 0.449 e. The Kier molecular flexibility index (Phi) is 7.09. The summed E-state index contributed by atoms with van der Waals surface area (Å²) in [7, 11) is -3.67. The van der Waals surface area contributed by atoms with Crippen molar-refractivity contribution in [3.63, 3.8) is 0 Å². The molecule has 0 fully saturated rings. The Morgan fingerprint density at radius 2 is 1.65 bits per heavy atom. The Labute approximate surface area is 185 Å². The molecule has 0 aliphatic rings. The zero-order valence-electron chi connectivity index (χ0n) is 17.0. The molecule has 1 amide bonds. The van der Waals surface area contributed by atoms with E-state index in [0.717, 1.165) is 23.3 Å². The van der Waals surface area contributed by atoms with Gasteiger partial charge >= 0.3 is 5.97 Å². The molecule has 9 heteroatoms. The lowest BCUT2D eigenvalue weighted by Crippen LogP contribution is -2.30. The topological polar surface area (TPSA) is 102 Å². The van der Waals surface area contributed by atoms with Gasteiger partial charge in [0.05, 0.1) is 5.56 Å². The van der Waals surface area contributed by atoms with E-state index in [2.05, 4.69) is 10.0 Å². The fourth-order valence-electron chi connectivity index (χ4n) is 2.65. The number of thiophene rings is 1. The fraction of sp³-hybridized carbons (Fsp3) is 0.182. The molecule has 0 aliphatic heterocycles. The first kappa shape index (κ1) is 22.5. The van der Waals surface area contributed by atoms with Crippen molar-refractivity contribution in [1.82, 2.24) is 0 Å². The monoisotopic (exact) mass is 458 g/mol. The van der Waals surface area contributed by atoms with E-state index in [1.807, 2.05) is 19.1 Å². The summed E-state index contributed by atoms with van der Waals surface area (Å²) in [4.78, 5) is 24.6. The molecule has 3 rings (SSSR count). The van der Waals surface area contributed by atoms with Gasteiger partial charge in [-0.25, -0.2) is 13.2 Å². The number of esters is 1. The smallest absolute Gasteiger partial charge is 0.338 e. The van der Waals surface area contributed by atoms with Gasteiger partial charge in [-0.3, -0.25) is 9.52 Å². The first-order valence-corrected chi connectivity index (χ1v) is 11.9. The zero-order valence-corrected chi connectivity index (χ0v) is 18.6. The number of sulfonamides is 1. The summed E-state index contributed by atoms with van der Waals surface area (Å²) in [5.41, 5.74) is 2.28. The van der Waals surface area contributed by atoms with Crippen LogP contribution in [0, 0.1) is 0 Å². The summed E-state index contributed by atoms with van der Waals surface area (Å²) < 4.78 is 32.4. The van der Waals surface area contributed by atoms with E-state index < -0.39 is 28.0 Å². The molecule has 1 atom stereocenters. The normalized spacial score (nSPS) is 12.1. The maximum absolute atomic E-state index is 12.3. The summed E-state index contributed by atoms with van der Waals surface area (Å²) in [5, 5.41) is 4.38. The van der Waals surface area contributed by atoms with Crippen LogP contribution in [0.15, 0.2) is 70.3 Å². The molecule has 162 valence electrons. The second-order valence-electron chi connectivity index (χ2n) is 6.70. The Balaban J connectivity index is 1.57. The van der Waals surface area contributed by atoms with E-state index in [9.17, 15) is 18.0 Å². The average Bonchev–Trinajstić information content (AvgIpc) is 3.30. The van der Waals surface area contributed by atoms with Crippen molar-refractivity contribution in [2.75, 3.05) is 10.0 Å². The van der Waals surface area contributed by atoms with Crippen LogP contribution in [0.2, 0.25) is 0 Å². The fourth-order valence-corrected chi connectivity index (χ4v) is 4.70. The molecule has 3 aromatic rings. The number of amides is 1. The summed E-state index contributed by atoms with van der Waals surface area (Å²) in [5.74, 6) is -1.13. The van der Waals surface area contributed by atoms with Gasteiger partial charge in [0.15, 0.2) is 6.10 Å². The number of hydrogen-bond acceptors (Lipinski definition) is 6. The van der Waals surface area contributed by atoms with E-state index >= 15 is 0 Å². The van der Waals surface area contributed by atoms with Crippen LogP contribution >= 0.6 is 11.3 Å². The number of hydrogen-bond donors (Lipinski definition) is 2. The van der Waals surface area contributed by atoms with Gasteiger partial charge in [-0.2, -0.15) is 0 Å². The molecule has 0 saturated heterocycles. The van der Waals surface area contributed by atoms with Crippen molar-refractivity contribution in [3.05, 3.63) is 77.2 Å². The van der Waals surface area contributed by atoms with E-state index in [1.165, 1.54) is 37.3 Å². The number of anilines is 2. The SMILES string of the molecule is CCc1ccc(NC(=O)[C@@H](C)OC(=O)c2ccc(NS(=O)(=O)c3cccs3)cc2)cc1. The van der Waals surface area contributed by atoms with Crippen molar-refractivity contribution < 1.29 is 22.7 Å². The molecule has 0 bridgehead atoms. The van der Waals surface area contributed by atoms with E-state index in [0.29, 0.717) is 11.4 Å². The number of carbonyl (C=O) groups excluding carboxylic acids is 2. The highest BCUT2D eigenvalue weighted by atomic mass is 32.2. The summed E-state index contributed by atoms with van der Waals surface area (Å²) >= 11 is 1.11. The van der Waals surface area contributed by atoms with Crippen LogP contribution < -0.4 is 10.0 Å². The van der Waals surface area contributed by atoms with Crippen molar-refractivity contribution in [2.24, 2.45) is 0 Å². The molecular formula is C22H22N2O5S2. The van der Waals surface area contributed by atoms with Gasteiger partial charge in [-0.05, 0) is 66.8 Å². The third-order valence-electron chi connectivity index (χ3n) is 4.42. The number of benzene rings is 2. The van der Waals surface area contributed by atoms with Crippen LogP contribution in [0.4, 0.5) is 11.4 Å². The standard InChI is InChI=1S/C22H22N2O5S2/c1-3-16-6-10-18(11-7-16)23-21(25)15(2)29-22(26)17-8-12-19(13-9-17)24-31(27,28)20-5-4-14-30-20/h4-15,24H,3H2,1-2H3,(H,23,25)/t15-/m1/s1. The number of aryl methyl sites for hydroxylation is 1. The number of carbonyl (C=O) groups is 2. The number of ether oxygens (including phenoxy) is 1. The van der Waals surface area contributed by atoms with Gasteiger partial charge < -0.3 is 10.1 Å². The number of nitrogens with one attached hydrogen (secondary N) is 2. The molecule has 0 aliphatic carbocycles. The Bertz CT molecular complexity index is 1140. The third kappa shape index (κ3) is 5.93. The Morgan fingerprint density at radius 3 is 2.23 bits per heavy atom.